The summed E-state index contributed by atoms with van der Waals surface area (Å²) in [6, 6.07) is 12.0. The summed E-state index contributed by atoms with van der Waals surface area (Å²) in [6.45, 7) is 13.4. The van der Waals surface area contributed by atoms with Crippen LogP contribution in [0.1, 0.15) is 121 Å². The van der Waals surface area contributed by atoms with Gasteiger partial charge in [0.05, 0.1) is 26.3 Å². The molecule has 324 valence electrons. The number of nitrogens with zero attached hydrogens (tertiary/aromatic N) is 4. The molecule has 8 atom stereocenters. The zero-order valence-corrected chi connectivity index (χ0v) is 37.0. The standard InChI is InChI=1S/C49H62N6O6/c1-26(2)44(52-48(58)60-7)46(56)54-24-28(5)17-40(54)38-20-34(22-50-38)30-9-11-31(12-10-30)36-15-16-37(43-33-14-13-32(19-33)42(36)43)35-21-39(51-23-35)41-18-29(6)25-55(41)47(57)45(27(3)4)53-49(59)61-8/h9-12,15-16,22-23,26-29,32-33,40-41,44-45H,13-14,17-21,24-25H2,1-8H3,(H,52,58)(H,53,59)/t28-,29-,32?,33?,40-,41-,44+,45-/m0/s1. The average Bonchev–Trinajstić information content (AvgIpc) is 4.12. The predicted molar refractivity (Wildman–Crippen MR) is 238 cm³/mol. The minimum absolute atomic E-state index is 0.0788. The summed E-state index contributed by atoms with van der Waals surface area (Å²) in [5, 5.41) is 5.53. The molecule has 2 aromatic rings. The van der Waals surface area contributed by atoms with Gasteiger partial charge in [0.2, 0.25) is 11.8 Å². The summed E-state index contributed by atoms with van der Waals surface area (Å²) in [5.41, 5.74) is 12.3. The number of benzene rings is 2. The largest absolute Gasteiger partial charge is 0.453 e. The Morgan fingerprint density at radius 2 is 1.07 bits per heavy atom. The highest BCUT2D eigenvalue weighted by Gasteiger charge is 2.44. The van der Waals surface area contributed by atoms with E-state index >= 15 is 0 Å². The number of carbonyl (C=O) groups excluding carboxylic acids is 4. The van der Waals surface area contributed by atoms with E-state index < -0.39 is 24.3 Å². The van der Waals surface area contributed by atoms with E-state index in [1.165, 1.54) is 66.9 Å². The van der Waals surface area contributed by atoms with Crippen LogP contribution >= 0.6 is 0 Å². The minimum atomic E-state index is -0.667. The summed E-state index contributed by atoms with van der Waals surface area (Å²) >= 11 is 0. The first-order valence-corrected chi connectivity index (χ1v) is 22.3. The second kappa shape index (κ2) is 17.2. The first-order valence-electron chi connectivity index (χ1n) is 22.3. The normalized spacial score (nSPS) is 26.2. The summed E-state index contributed by atoms with van der Waals surface area (Å²) in [5.74, 6) is 1.39. The SMILES string of the molecule is COC(=O)N[C@H](C(=O)N1C[C@@H](C)C[C@H]1C1=NC=C(c2ccc(-c3ccc(C4=CN=C([C@@H]5C[C@H](C)CN5C(=O)[C@H](NC(=O)OC)C(C)C)C4)cc3)c3c2C2CCC3C2)C1)C(C)C. The van der Waals surface area contributed by atoms with Crippen LogP contribution in [-0.4, -0.2) is 96.7 Å². The first kappa shape index (κ1) is 42.4. The van der Waals surface area contributed by atoms with Gasteiger partial charge in [-0.3, -0.25) is 19.6 Å². The summed E-state index contributed by atoms with van der Waals surface area (Å²) in [4.78, 5) is 65.8. The molecule has 2 aromatic carbocycles. The van der Waals surface area contributed by atoms with E-state index in [2.05, 4.69) is 60.9 Å². The summed E-state index contributed by atoms with van der Waals surface area (Å²) in [6.07, 6.45) is 9.49. The van der Waals surface area contributed by atoms with Crippen LogP contribution in [0.25, 0.3) is 22.3 Å². The van der Waals surface area contributed by atoms with E-state index in [0.29, 0.717) is 49.6 Å². The lowest BCUT2D eigenvalue weighted by Gasteiger charge is -2.31. The fourth-order valence-electron chi connectivity index (χ4n) is 11.0. The molecule has 2 bridgehead atoms. The van der Waals surface area contributed by atoms with Gasteiger partial charge in [0.15, 0.2) is 0 Å². The molecule has 0 spiro atoms. The van der Waals surface area contributed by atoms with E-state index in [1.54, 1.807) is 0 Å². The summed E-state index contributed by atoms with van der Waals surface area (Å²) < 4.78 is 9.67. The number of alkyl carbamates (subject to hydrolysis) is 2. The molecule has 2 saturated heterocycles. The third-order valence-electron chi connectivity index (χ3n) is 14.1. The van der Waals surface area contributed by atoms with Crippen LogP contribution in [-0.2, 0) is 19.1 Å². The number of nitrogens with one attached hydrogen (secondary N) is 2. The number of aliphatic imine (C=N–C) groups is 2. The maximum atomic E-state index is 13.9. The third kappa shape index (κ3) is 8.14. The third-order valence-corrected chi connectivity index (χ3v) is 14.1. The predicted octanol–water partition coefficient (Wildman–Crippen LogP) is 8.32. The number of rotatable bonds is 11. The Morgan fingerprint density at radius 1 is 0.623 bits per heavy atom. The lowest BCUT2D eigenvalue weighted by atomic mass is 9.80. The van der Waals surface area contributed by atoms with Gasteiger partial charge in [-0.1, -0.05) is 77.9 Å². The minimum Gasteiger partial charge on any atom is -0.453 e. The number of ether oxygens (including phenoxy) is 2. The smallest absolute Gasteiger partial charge is 0.407 e. The van der Waals surface area contributed by atoms with Crippen molar-refractivity contribution in [2.75, 3.05) is 27.3 Å². The Labute approximate surface area is 360 Å². The van der Waals surface area contributed by atoms with Crippen molar-refractivity contribution in [3.8, 4) is 11.1 Å². The Balaban J connectivity index is 0.966. The van der Waals surface area contributed by atoms with Crippen LogP contribution in [0.15, 0.2) is 58.8 Å². The average molecular weight is 831 g/mol. The van der Waals surface area contributed by atoms with E-state index in [4.69, 9.17) is 19.5 Å². The van der Waals surface area contributed by atoms with Gasteiger partial charge in [0.1, 0.15) is 12.1 Å². The van der Waals surface area contributed by atoms with Gasteiger partial charge >= 0.3 is 12.2 Å². The van der Waals surface area contributed by atoms with Gasteiger partial charge < -0.3 is 29.9 Å². The number of allylic oxidation sites excluding steroid dienone is 2. The highest BCUT2D eigenvalue weighted by molar-refractivity contribution is 6.05. The molecule has 12 nitrogen and oxygen atoms in total. The number of fused-ring (bicyclic) bond motifs is 5. The molecule has 3 fully saturated rings. The van der Waals surface area contributed by atoms with E-state index in [0.717, 1.165) is 35.4 Å². The highest BCUT2D eigenvalue weighted by Crippen LogP contribution is 2.58. The molecular formula is C49H62N6O6. The van der Waals surface area contributed by atoms with Gasteiger partial charge in [-0.05, 0) is 112 Å². The number of hydrogen-bond acceptors (Lipinski definition) is 8. The van der Waals surface area contributed by atoms with Crippen molar-refractivity contribution in [3.05, 3.63) is 71.1 Å². The van der Waals surface area contributed by atoms with Crippen molar-refractivity contribution in [1.82, 2.24) is 20.4 Å². The van der Waals surface area contributed by atoms with Crippen LogP contribution in [0.4, 0.5) is 9.59 Å². The van der Waals surface area contributed by atoms with E-state index in [-0.39, 0.29) is 35.7 Å². The number of amides is 4. The highest BCUT2D eigenvalue weighted by atomic mass is 16.5. The maximum Gasteiger partial charge on any atom is 0.407 e. The van der Waals surface area contributed by atoms with Crippen molar-refractivity contribution in [1.29, 1.82) is 0 Å². The van der Waals surface area contributed by atoms with Crippen molar-refractivity contribution in [3.63, 3.8) is 0 Å². The Kier molecular flexibility index (Phi) is 12.0. The number of methoxy groups -OCH3 is 2. The molecule has 4 amide bonds. The fraction of sp³-hybridized carbons (Fsp3) is 0.551. The molecule has 8 rings (SSSR count). The van der Waals surface area contributed by atoms with Gasteiger partial charge in [-0.2, -0.15) is 0 Å². The van der Waals surface area contributed by atoms with Crippen LogP contribution < -0.4 is 10.6 Å². The molecule has 61 heavy (non-hydrogen) atoms. The fourth-order valence-corrected chi connectivity index (χ4v) is 11.0. The van der Waals surface area contributed by atoms with Gasteiger partial charge in [0.25, 0.3) is 0 Å². The maximum absolute atomic E-state index is 13.9. The first-order chi connectivity index (χ1) is 29.3. The second-order valence-corrected chi connectivity index (χ2v) is 19.1. The molecule has 0 aromatic heterocycles. The van der Waals surface area contributed by atoms with Crippen LogP contribution in [0.3, 0.4) is 0 Å². The topological polar surface area (TPSA) is 142 Å². The van der Waals surface area contributed by atoms with Crippen molar-refractivity contribution >= 4 is 46.6 Å². The molecule has 12 heteroatoms. The molecule has 6 aliphatic rings. The Hall–Kier alpha value is -5.26. The molecule has 2 unspecified atom stereocenters. The van der Waals surface area contributed by atoms with Crippen molar-refractivity contribution in [2.45, 2.75) is 122 Å². The van der Waals surface area contributed by atoms with Gasteiger partial charge in [0, 0.05) is 49.8 Å². The van der Waals surface area contributed by atoms with E-state index in [1.807, 2.05) is 49.9 Å². The number of hydrogen-bond donors (Lipinski definition) is 2. The summed E-state index contributed by atoms with van der Waals surface area (Å²) in [7, 11) is 2.63. The van der Waals surface area contributed by atoms with Crippen LogP contribution in [0.5, 0.6) is 0 Å². The zero-order valence-electron chi connectivity index (χ0n) is 37.0. The van der Waals surface area contributed by atoms with Gasteiger partial charge in [-0.15, -0.1) is 0 Å². The second-order valence-electron chi connectivity index (χ2n) is 19.1. The molecular weight excluding hydrogens is 769 g/mol. The van der Waals surface area contributed by atoms with E-state index in [9.17, 15) is 19.2 Å². The molecule has 4 heterocycles. The molecule has 2 N–H and O–H groups in total. The van der Waals surface area contributed by atoms with Crippen molar-refractivity contribution < 1.29 is 28.7 Å². The van der Waals surface area contributed by atoms with Crippen LogP contribution in [0.2, 0.25) is 0 Å². The van der Waals surface area contributed by atoms with Gasteiger partial charge in [-0.25, -0.2) is 9.59 Å². The molecule has 0 radical (unpaired) electrons. The molecule has 4 aliphatic heterocycles. The monoisotopic (exact) mass is 830 g/mol. The lowest BCUT2D eigenvalue weighted by molar-refractivity contribution is -0.135. The molecule has 1 saturated carbocycles. The Bertz CT molecular complexity index is 2210. The molecule has 2 aliphatic carbocycles. The number of likely N-dealkylation sites (tertiary alicyclic amines) is 2. The Morgan fingerprint density at radius 3 is 1.56 bits per heavy atom. The zero-order chi connectivity index (χ0) is 43.3. The van der Waals surface area contributed by atoms with Crippen LogP contribution in [0, 0.1) is 23.7 Å². The number of carbonyl (C=O) groups is 4. The quantitative estimate of drug-likeness (QED) is 0.233. The lowest BCUT2D eigenvalue weighted by Crippen LogP contribution is -2.53. The van der Waals surface area contributed by atoms with Crippen molar-refractivity contribution in [2.24, 2.45) is 33.7 Å².